The Bertz CT molecular complexity index is 342. The summed E-state index contributed by atoms with van der Waals surface area (Å²) >= 11 is 0. The number of hydrogen-bond donors (Lipinski definition) is 1. The van der Waals surface area contributed by atoms with Crippen LogP contribution in [0.25, 0.3) is 0 Å². The number of ether oxygens (including phenoxy) is 2. The van der Waals surface area contributed by atoms with Crippen LogP contribution in [0.5, 0.6) is 0 Å². The summed E-state index contributed by atoms with van der Waals surface area (Å²) in [5.74, 6) is 1.01. The molecule has 1 aliphatic carbocycles. The lowest BCUT2D eigenvalue weighted by molar-refractivity contribution is -0.135. The Labute approximate surface area is 94.9 Å². The van der Waals surface area contributed by atoms with Crippen LogP contribution in [0.1, 0.15) is 24.2 Å². The van der Waals surface area contributed by atoms with Crippen LogP contribution in [0.15, 0.2) is 16.7 Å². The zero-order valence-corrected chi connectivity index (χ0v) is 9.28. The highest BCUT2D eigenvalue weighted by molar-refractivity contribution is 5.16. The highest BCUT2D eigenvalue weighted by atomic mass is 16.6. The Hall–Kier alpha value is -0.840. The first-order valence-corrected chi connectivity index (χ1v) is 5.90. The van der Waals surface area contributed by atoms with Crippen molar-refractivity contribution in [1.29, 1.82) is 0 Å². The van der Waals surface area contributed by atoms with Crippen molar-refractivity contribution in [3.63, 3.8) is 0 Å². The molecule has 0 amide bonds. The second-order valence-electron chi connectivity index (χ2n) is 4.49. The van der Waals surface area contributed by atoms with E-state index < -0.39 is 0 Å². The molecule has 2 heterocycles. The van der Waals surface area contributed by atoms with Crippen molar-refractivity contribution < 1.29 is 13.9 Å². The van der Waals surface area contributed by atoms with E-state index in [1.807, 2.05) is 6.07 Å². The summed E-state index contributed by atoms with van der Waals surface area (Å²) in [6, 6.07) is 2.70. The van der Waals surface area contributed by atoms with Gasteiger partial charge >= 0.3 is 0 Å². The highest BCUT2D eigenvalue weighted by Crippen LogP contribution is 2.21. The molecule has 1 aromatic heterocycles. The summed E-state index contributed by atoms with van der Waals surface area (Å²) in [6.45, 7) is 2.91. The van der Waals surface area contributed by atoms with Crippen molar-refractivity contribution in [2.24, 2.45) is 0 Å². The van der Waals surface area contributed by atoms with Crippen LogP contribution in [-0.4, -0.2) is 25.4 Å². The molecule has 3 rings (SSSR count). The van der Waals surface area contributed by atoms with Crippen LogP contribution in [0.2, 0.25) is 0 Å². The molecule has 1 aliphatic heterocycles. The van der Waals surface area contributed by atoms with Gasteiger partial charge in [-0.15, -0.1) is 0 Å². The molecule has 0 bridgehead atoms. The Balaban J connectivity index is 1.49. The predicted molar refractivity (Wildman–Crippen MR) is 58.0 cm³/mol. The molecule has 1 aromatic rings. The molecular formula is C12H17NO3. The largest absolute Gasteiger partial charge is 0.468 e. The topological polar surface area (TPSA) is 43.6 Å². The van der Waals surface area contributed by atoms with Crippen molar-refractivity contribution in [3.8, 4) is 0 Å². The zero-order valence-electron chi connectivity index (χ0n) is 9.28. The van der Waals surface area contributed by atoms with Gasteiger partial charge in [0.05, 0.1) is 32.6 Å². The molecule has 2 aliphatic rings. The maximum absolute atomic E-state index is 5.67. The molecule has 0 aromatic carbocycles. The van der Waals surface area contributed by atoms with Gasteiger partial charge < -0.3 is 19.2 Å². The summed E-state index contributed by atoms with van der Waals surface area (Å²) < 4.78 is 16.2. The van der Waals surface area contributed by atoms with E-state index >= 15 is 0 Å². The van der Waals surface area contributed by atoms with Gasteiger partial charge in [0.25, 0.3) is 0 Å². The Kier molecular flexibility index (Phi) is 2.95. The quantitative estimate of drug-likeness (QED) is 0.792. The minimum atomic E-state index is 0.277. The summed E-state index contributed by atoms with van der Waals surface area (Å²) in [4.78, 5) is 0. The Morgan fingerprint density at radius 1 is 1.38 bits per heavy atom. The molecule has 1 saturated carbocycles. The third-order valence-electron chi connectivity index (χ3n) is 3.05. The van der Waals surface area contributed by atoms with Gasteiger partial charge in [0.15, 0.2) is 0 Å². The molecule has 2 fully saturated rings. The van der Waals surface area contributed by atoms with E-state index in [0.29, 0.717) is 12.6 Å². The number of nitrogens with one attached hydrogen (secondary N) is 1. The van der Waals surface area contributed by atoms with E-state index in [-0.39, 0.29) is 6.10 Å². The molecule has 0 atom stereocenters. The fraction of sp³-hybridized carbons (Fsp3) is 0.667. The normalized spacial score (nSPS) is 21.0. The summed E-state index contributed by atoms with van der Waals surface area (Å²) in [7, 11) is 0. The molecule has 0 spiro atoms. The molecule has 0 radical (unpaired) electrons. The molecular weight excluding hydrogens is 206 g/mol. The van der Waals surface area contributed by atoms with Crippen molar-refractivity contribution in [3.05, 3.63) is 23.7 Å². The molecule has 4 heteroatoms. The standard InChI is InChI=1S/C12H17NO3/c1-2-10(1)13-5-12-9(3-4-15-12)6-16-11-7-14-8-11/h3-4,10-11,13H,1-2,5-8H2. The van der Waals surface area contributed by atoms with Gasteiger partial charge in [0.1, 0.15) is 11.9 Å². The van der Waals surface area contributed by atoms with Gasteiger partial charge in [-0.3, -0.25) is 0 Å². The van der Waals surface area contributed by atoms with Gasteiger partial charge in [0.2, 0.25) is 0 Å². The van der Waals surface area contributed by atoms with Crippen LogP contribution in [0, 0.1) is 0 Å². The lowest BCUT2D eigenvalue weighted by Gasteiger charge is -2.25. The van der Waals surface area contributed by atoms with Gasteiger partial charge in [-0.25, -0.2) is 0 Å². The highest BCUT2D eigenvalue weighted by Gasteiger charge is 2.22. The Morgan fingerprint density at radius 3 is 2.94 bits per heavy atom. The second kappa shape index (κ2) is 4.57. The van der Waals surface area contributed by atoms with Crippen LogP contribution in [-0.2, 0) is 22.6 Å². The second-order valence-corrected chi connectivity index (χ2v) is 4.49. The maximum atomic E-state index is 5.67. The average Bonchev–Trinajstić information content (AvgIpc) is 2.94. The maximum Gasteiger partial charge on any atom is 0.123 e. The summed E-state index contributed by atoms with van der Waals surface area (Å²) in [5.41, 5.74) is 1.15. The van der Waals surface area contributed by atoms with Crippen molar-refractivity contribution in [1.82, 2.24) is 5.32 Å². The molecule has 0 unspecified atom stereocenters. The van der Waals surface area contributed by atoms with E-state index in [9.17, 15) is 0 Å². The molecule has 4 nitrogen and oxygen atoms in total. The van der Waals surface area contributed by atoms with Crippen LogP contribution in [0.3, 0.4) is 0 Å². The summed E-state index contributed by atoms with van der Waals surface area (Å²) in [5, 5.41) is 3.44. The molecule has 1 N–H and O–H groups in total. The zero-order chi connectivity index (χ0) is 10.8. The van der Waals surface area contributed by atoms with Gasteiger partial charge in [-0.1, -0.05) is 0 Å². The van der Waals surface area contributed by atoms with E-state index in [1.165, 1.54) is 12.8 Å². The lowest BCUT2D eigenvalue weighted by atomic mass is 10.2. The number of hydrogen-bond acceptors (Lipinski definition) is 4. The summed E-state index contributed by atoms with van der Waals surface area (Å²) in [6.07, 6.45) is 4.61. The van der Waals surface area contributed by atoms with Gasteiger partial charge in [-0.2, -0.15) is 0 Å². The predicted octanol–water partition coefficient (Wildman–Crippen LogP) is 1.45. The third-order valence-corrected chi connectivity index (χ3v) is 3.05. The van der Waals surface area contributed by atoms with E-state index in [0.717, 1.165) is 31.1 Å². The first-order valence-electron chi connectivity index (χ1n) is 5.90. The van der Waals surface area contributed by atoms with Crippen LogP contribution in [0.4, 0.5) is 0 Å². The monoisotopic (exact) mass is 223 g/mol. The third kappa shape index (κ3) is 2.45. The van der Waals surface area contributed by atoms with E-state index in [4.69, 9.17) is 13.9 Å². The van der Waals surface area contributed by atoms with Gasteiger partial charge in [0, 0.05) is 11.6 Å². The SMILES string of the molecule is c1cc(COC2COC2)c(CNC2CC2)o1. The Morgan fingerprint density at radius 2 is 2.25 bits per heavy atom. The minimum Gasteiger partial charge on any atom is -0.468 e. The van der Waals surface area contributed by atoms with Crippen LogP contribution >= 0.6 is 0 Å². The molecule has 1 saturated heterocycles. The average molecular weight is 223 g/mol. The molecule has 16 heavy (non-hydrogen) atoms. The first kappa shape index (κ1) is 10.3. The van der Waals surface area contributed by atoms with E-state index in [2.05, 4.69) is 5.32 Å². The van der Waals surface area contributed by atoms with Crippen LogP contribution < -0.4 is 5.32 Å². The fourth-order valence-corrected chi connectivity index (χ4v) is 1.69. The first-order chi connectivity index (χ1) is 7.92. The molecule has 88 valence electrons. The van der Waals surface area contributed by atoms with Gasteiger partial charge in [-0.05, 0) is 18.9 Å². The number of furan rings is 1. The fourth-order valence-electron chi connectivity index (χ4n) is 1.69. The van der Waals surface area contributed by atoms with Crippen molar-refractivity contribution in [2.45, 2.75) is 38.1 Å². The van der Waals surface area contributed by atoms with Crippen molar-refractivity contribution in [2.75, 3.05) is 13.2 Å². The van der Waals surface area contributed by atoms with Crippen molar-refractivity contribution >= 4 is 0 Å². The minimum absolute atomic E-state index is 0.277. The van der Waals surface area contributed by atoms with E-state index in [1.54, 1.807) is 6.26 Å². The lowest BCUT2D eigenvalue weighted by Crippen LogP contribution is -2.35. The number of rotatable bonds is 6. The smallest absolute Gasteiger partial charge is 0.123 e.